The van der Waals surface area contributed by atoms with Crippen molar-refractivity contribution in [3.05, 3.63) is 39.8 Å². The summed E-state index contributed by atoms with van der Waals surface area (Å²) in [6.07, 6.45) is 1.59. The lowest BCUT2D eigenvalue weighted by Crippen LogP contribution is -2.05. The number of pyridine rings is 1. The molecule has 0 radical (unpaired) electrons. The Morgan fingerprint density at radius 1 is 1.36 bits per heavy atom. The molecule has 2 aromatic rings. The van der Waals surface area contributed by atoms with Gasteiger partial charge in [-0.05, 0) is 17.5 Å². The molecule has 1 N–H and O–H groups in total. The number of methoxy groups -OCH3 is 1. The van der Waals surface area contributed by atoms with E-state index in [0.717, 1.165) is 5.39 Å². The summed E-state index contributed by atoms with van der Waals surface area (Å²) < 4.78 is 5.02. The predicted octanol–water partition coefficient (Wildman–Crippen LogP) is 2.19. The first-order valence-corrected chi connectivity index (χ1v) is 4.45. The van der Waals surface area contributed by atoms with Crippen LogP contribution in [0.5, 0.6) is 5.75 Å². The first-order valence-electron chi connectivity index (χ1n) is 4.08. The zero-order chi connectivity index (χ0) is 10.1. The van der Waals surface area contributed by atoms with Crippen molar-refractivity contribution >= 4 is 22.4 Å². The predicted molar refractivity (Wildman–Crippen MR) is 56.1 cm³/mol. The lowest BCUT2D eigenvalue weighted by molar-refractivity contribution is 0.415. The fourth-order valence-electron chi connectivity index (χ4n) is 1.38. The summed E-state index contributed by atoms with van der Waals surface area (Å²) in [6.45, 7) is 0. The number of aromatic amines is 1. The molecule has 0 fully saturated rings. The van der Waals surface area contributed by atoms with Crippen LogP contribution in [0.3, 0.4) is 0 Å². The third-order valence-corrected chi connectivity index (χ3v) is 2.44. The van der Waals surface area contributed by atoms with Crippen molar-refractivity contribution in [1.29, 1.82) is 0 Å². The Hall–Kier alpha value is -1.48. The monoisotopic (exact) mass is 209 g/mol. The average molecular weight is 210 g/mol. The smallest absolute Gasteiger partial charge is 0.257 e. The number of aromatic nitrogens is 1. The van der Waals surface area contributed by atoms with Gasteiger partial charge in [-0.25, -0.2) is 0 Å². The standard InChI is InChI=1S/C10H8ClNO2/c1-14-7-3-2-6-4-5-12-10(13)8(6)9(7)11/h2-5H,1H3,(H,12,13). The second kappa shape index (κ2) is 3.35. The van der Waals surface area contributed by atoms with Crippen LogP contribution >= 0.6 is 11.6 Å². The van der Waals surface area contributed by atoms with Gasteiger partial charge in [-0.2, -0.15) is 0 Å². The number of H-pyrrole nitrogens is 1. The molecule has 14 heavy (non-hydrogen) atoms. The maximum absolute atomic E-state index is 11.5. The van der Waals surface area contributed by atoms with E-state index in [1.807, 2.05) is 0 Å². The fourth-order valence-corrected chi connectivity index (χ4v) is 1.71. The minimum absolute atomic E-state index is 0.202. The maximum atomic E-state index is 11.5. The zero-order valence-electron chi connectivity index (χ0n) is 7.50. The van der Waals surface area contributed by atoms with E-state index in [0.29, 0.717) is 16.2 Å². The van der Waals surface area contributed by atoms with E-state index >= 15 is 0 Å². The summed E-state index contributed by atoms with van der Waals surface area (Å²) in [6, 6.07) is 5.33. The molecule has 0 atom stereocenters. The number of hydrogen-bond donors (Lipinski definition) is 1. The van der Waals surface area contributed by atoms with Gasteiger partial charge in [-0.3, -0.25) is 4.79 Å². The molecule has 0 unspecified atom stereocenters. The van der Waals surface area contributed by atoms with Crippen LogP contribution in [0.4, 0.5) is 0 Å². The molecule has 0 aliphatic rings. The van der Waals surface area contributed by atoms with E-state index in [2.05, 4.69) is 4.98 Å². The maximum Gasteiger partial charge on any atom is 0.257 e. The molecule has 0 spiro atoms. The topological polar surface area (TPSA) is 42.1 Å². The highest BCUT2D eigenvalue weighted by Gasteiger charge is 2.08. The highest BCUT2D eigenvalue weighted by Crippen LogP contribution is 2.29. The third kappa shape index (κ3) is 1.26. The number of nitrogens with one attached hydrogen (secondary N) is 1. The number of benzene rings is 1. The van der Waals surface area contributed by atoms with Gasteiger partial charge in [0, 0.05) is 6.20 Å². The van der Waals surface area contributed by atoms with Gasteiger partial charge in [0.1, 0.15) is 5.75 Å². The summed E-state index contributed by atoms with van der Waals surface area (Å²) in [5.41, 5.74) is -0.202. The van der Waals surface area contributed by atoms with Gasteiger partial charge in [0.25, 0.3) is 5.56 Å². The summed E-state index contributed by atoms with van der Waals surface area (Å²) in [5, 5.41) is 1.62. The van der Waals surface area contributed by atoms with Crippen LogP contribution in [0.25, 0.3) is 10.8 Å². The molecule has 0 amide bonds. The van der Waals surface area contributed by atoms with E-state index in [-0.39, 0.29) is 5.56 Å². The molecule has 1 aromatic carbocycles. The molecule has 2 rings (SSSR count). The van der Waals surface area contributed by atoms with Crippen LogP contribution in [-0.2, 0) is 0 Å². The number of rotatable bonds is 1. The van der Waals surface area contributed by atoms with Crippen LogP contribution in [0.15, 0.2) is 29.2 Å². The van der Waals surface area contributed by atoms with Crippen LogP contribution in [0, 0.1) is 0 Å². The summed E-state index contributed by atoms with van der Waals surface area (Å²) >= 11 is 6.00. The average Bonchev–Trinajstić information content (AvgIpc) is 2.18. The molecule has 4 heteroatoms. The van der Waals surface area contributed by atoms with E-state index in [1.165, 1.54) is 7.11 Å². The minimum atomic E-state index is -0.202. The number of ether oxygens (including phenoxy) is 1. The Labute approximate surface area is 85.3 Å². The number of halogens is 1. The molecule has 1 heterocycles. The van der Waals surface area contributed by atoms with E-state index in [1.54, 1.807) is 24.4 Å². The largest absolute Gasteiger partial charge is 0.495 e. The lowest BCUT2D eigenvalue weighted by Gasteiger charge is -2.04. The third-order valence-electron chi connectivity index (χ3n) is 2.06. The van der Waals surface area contributed by atoms with E-state index in [4.69, 9.17) is 16.3 Å². The molecule has 72 valence electrons. The Bertz CT molecular complexity index is 533. The van der Waals surface area contributed by atoms with Gasteiger partial charge in [0.2, 0.25) is 0 Å². The molecule has 0 bridgehead atoms. The van der Waals surface area contributed by atoms with E-state index < -0.39 is 0 Å². The van der Waals surface area contributed by atoms with Gasteiger partial charge in [-0.15, -0.1) is 0 Å². The highest BCUT2D eigenvalue weighted by molar-refractivity contribution is 6.36. The quantitative estimate of drug-likeness (QED) is 0.782. The summed E-state index contributed by atoms with van der Waals surface area (Å²) in [4.78, 5) is 14.0. The van der Waals surface area contributed by atoms with Crippen molar-refractivity contribution < 1.29 is 4.74 Å². The van der Waals surface area contributed by atoms with Crippen LogP contribution < -0.4 is 10.3 Å². The van der Waals surface area contributed by atoms with Gasteiger partial charge < -0.3 is 9.72 Å². The van der Waals surface area contributed by atoms with Crippen LogP contribution in [-0.4, -0.2) is 12.1 Å². The van der Waals surface area contributed by atoms with Crippen molar-refractivity contribution in [3.63, 3.8) is 0 Å². The van der Waals surface area contributed by atoms with Crippen molar-refractivity contribution in [1.82, 2.24) is 4.98 Å². The zero-order valence-corrected chi connectivity index (χ0v) is 8.26. The Morgan fingerprint density at radius 3 is 2.86 bits per heavy atom. The normalized spacial score (nSPS) is 10.4. The summed E-state index contributed by atoms with van der Waals surface area (Å²) in [5.74, 6) is 0.510. The molecule has 0 aliphatic carbocycles. The van der Waals surface area contributed by atoms with Gasteiger partial charge in [0.15, 0.2) is 0 Å². The number of hydrogen-bond acceptors (Lipinski definition) is 2. The van der Waals surface area contributed by atoms with Crippen LogP contribution in [0.2, 0.25) is 5.02 Å². The minimum Gasteiger partial charge on any atom is -0.495 e. The van der Waals surface area contributed by atoms with E-state index in [9.17, 15) is 4.79 Å². The highest BCUT2D eigenvalue weighted by atomic mass is 35.5. The SMILES string of the molecule is COc1ccc2cc[nH]c(=O)c2c1Cl. The van der Waals surface area contributed by atoms with Crippen molar-refractivity contribution in [3.8, 4) is 5.75 Å². The Kier molecular flexibility index (Phi) is 2.17. The van der Waals surface area contributed by atoms with Gasteiger partial charge in [-0.1, -0.05) is 17.7 Å². The van der Waals surface area contributed by atoms with Gasteiger partial charge >= 0.3 is 0 Å². The molecule has 3 nitrogen and oxygen atoms in total. The second-order valence-corrected chi connectivity index (χ2v) is 3.23. The number of fused-ring (bicyclic) bond motifs is 1. The van der Waals surface area contributed by atoms with Crippen molar-refractivity contribution in [2.24, 2.45) is 0 Å². The first kappa shape index (κ1) is 9.09. The lowest BCUT2D eigenvalue weighted by atomic mass is 10.1. The molecule has 0 saturated heterocycles. The molecular formula is C10H8ClNO2. The molecule has 1 aromatic heterocycles. The Morgan fingerprint density at radius 2 is 2.14 bits per heavy atom. The van der Waals surface area contributed by atoms with Crippen molar-refractivity contribution in [2.75, 3.05) is 7.11 Å². The Balaban J connectivity index is 2.94. The molecule has 0 saturated carbocycles. The second-order valence-electron chi connectivity index (χ2n) is 2.85. The van der Waals surface area contributed by atoms with Crippen molar-refractivity contribution in [2.45, 2.75) is 0 Å². The first-order chi connectivity index (χ1) is 6.74. The molecular weight excluding hydrogens is 202 g/mol. The molecule has 0 aliphatic heterocycles. The van der Waals surface area contributed by atoms with Gasteiger partial charge in [0.05, 0.1) is 17.5 Å². The van der Waals surface area contributed by atoms with Crippen LogP contribution in [0.1, 0.15) is 0 Å². The summed E-state index contributed by atoms with van der Waals surface area (Å²) in [7, 11) is 1.52. The fraction of sp³-hybridized carbons (Fsp3) is 0.100.